The zero-order valence-electron chi connectivity index (χ0n) is 15.8. The van der Waals surface area contributed by atoms with Crippen LogP contribution in [0, 0.1) is 5.92 Å². The van der Waals surface area contributed by atoms with E-state index in [2.05, 4.69) is 50.3 Å². The molecular formula is C23H28O3. The van der Waals surface area contributed by atoms with E-state index in [9.17, 15) is 0 Å². The molecule has 0 unspecified atom stereocenters. The van der Waals surface area contributed by atoms with Crippen molar-refractivity contribution in [3.63, 3.8) is 0 Å². The van der Waals surface area contributed by atoms with E-state index in [4.69, 9.17) is 14.2 Å². The van der Waals surface area contributed by atoms with Crippen LogP contribution in [0.15, 0.2) is 60.7 Å². The Morgan fingerprint density at radius 3 is 2.54 bits per heavy atom. The first-order chi connectivity index (χ1) is 12.7. The van der Waals surface area contributed by atoms with Crippen molar-refractivity contribution in [3.05, 3.63) is 71.8 Å². The smallest absolute Gasteiger partial charge is 0.118 e. The van der Waals surface area contributed by atoms with Crippen molar-refractivity contribution < 1.29 is 14.2 Å². The minimum Gasteiger partial charge on any atom is -0.497 e. The third-order valence-electron chi connectivity index (χ3n) is 4.93. The maximum absolute atomic E-state index is 6.25. The number of hydrogen-bond acceptors (Lipinski definition) is 3. The molecule has 3 heteroatoms. The summed E-state index contributed by atoms with van der Waals surface area (Å²) in [4.78, 5) is 0. The lowest BCUT2D eigenvalue weighted by Gasteiger charge is -2.23. The van der Waals surface area contributed by atoms with E-state index in [0.717, 1.165) is 17.7 Å². The Balaban J connectivity index is 1.52. The van der Waals surface area contributed by atoms with Gasteiger partial charge in [-0.25, -0.2) is 0 Å². The maximum Gasteiger partial charge on any atom is 0.118 e. The van der Waals surface area contributed by atoms with Gasteiger partial charge in [0.25, 0.3) is 0 Å². The molecule has 2 aromatic carbocycles. The van der Waals surface area contributed by atoms with Gasteiger partial charge < -0.3 is 14.2 Å². The van der Waals surface area contributed by atoms with Crippen molar-refractivity contribution in [3.8, 4) is 5.75 Å². The number of benzene rings is 2. The molecule has 0 radical (unpaired) electrons. The van der Waals surface area contributed by atoms with Gasteiger partial charge in [0, 0.05) is 0 Å². The average Bonchev–Trinajstić information content (AvgIpc) is 3.06. The second-order valence-electron chi connectivity index (χ2n) is 6.99. The Morgan fingerprint density at radius 1 is 1.12 bits per heavy atom. The summed E-state index contributed by atoms with van der Waals surface area (Å²) in [6.07, 6.45) is 5.64. The highest BCUT2D eigenvalue weighted by Gasteiger charge is 2.35. The van der Waals surface area contributed by atoms with E-state index in [-0.39, 0.29) is 18.3 Å². The standard InChI is InChI=1S/C23H28O3/c1-17-15-22(14-11-19-9-12-21(24-3)13-10-19)26-23(17)18(2)25-16-20-7-5-4-6-8-20/h4-14,17-18,22-23H,15-16H2,1-3H3/b14-11+/t17-,18+,22-,23-/m0/s1. The second-order valence-corrected chi connectivity index (χ2v) is 6.99. The largest absolute Gasteiger partial charge is 0.497 e. The van der Waals surface area contributed by atoms with Crippen LogP contribution in [-0.2, 0) is 16.1 Å². The Labute approximate surface area is 156 Å². The Bertz CT molecular complexity index is 693. The highest BCUT2D eigenvalue weighted by Crippen LogP contribution is 2.31. The topological polar surface area (TPSA) is 27.7 Å². The van der Waals surface area contributed by atoms with Crippen molar-refractivity contribution in [1.29, 1.82) is 0 Å². The van der Waals surface area contributed by atoms with E-state index in [1.165, 1.54) is 5.56 Å². The Kier molecular flexibility index (Phi) is 6.48. The fourth-order valence-electron chi connectivity index (χ4n) is 3.42. The minimum atomic E-state index is 0.0737. The van der Waals surface area contributed by atoms with Crippen LogP contribution in [0.5, 0.6) is 5.75 Å². The first kappa shape index (κ1) is 18.7. The van der Waals surface area contributed by atoms with Crippen LogP contribution < -0.4 is 4.74 Å². The lowest BCUT2D eigenvalue weighted by Crippen LogP contribution is -2.30. The number of hydrogen-bond donors (Lipinski definition) is 0. The first-order valence-electron chi connectivity index (χ1n) is 9.29. The van der Waals surface area contributed by atoms with Crippen molar-refractivity contribution in [1.82, 2.24) is 0 Å². The summed E-state index contributed by atoms with van der Waals surface area (Å²) in [5.41, 5.74) is 2.35. The van der Waals surface area contributed by atoms with Crippen LogP contribution in [0.1, 0.15) is 31.4 Å². The molecule has 3 nitrogen and oxygen atoms in total. The zero-order valence-corrected chi connectivity index (χ0v) is 15.8. The Morgan fingerprint density at radius 2 is 1.85 bits per heavy atom. The van der Waals surface area contributed by atoms with Crippen LogP contribution in [0.25, 0.3) is 6.08 Å². The summed E-state index contributed by atoms with van der Waals surface area (Å²) in [5.74, 6) is 1.35. The van der Waals surface area contributed by atoms with Crippen molar-refractivity contribution >= 4 is 6.08 Å². The van der Waals surface area contributed by atoms with Gasteiger partial charge in [0.2, 0.25) is 0 Å². The monoisotopic (exact) mass is 352 g/mol. The van der Waals surface area contributed by atoms with Gasteiger partial charge in [-0.2, -0.15) is 0 Å². The van der Waals surface area contributed by atoms with E-state index < -0.39 is 0 Å². The van der Waals surface area contributed by atoms with Crippen molar-refractivity contribution in [2.45, 2.75) is 45.2 Å². The van der Waals surface area contributed by atoms with Gasteiger partial charge in [0.15, 0.2) is 0 Å². The molecule has 0 bridgehead atoms. The predicted molar refractivity (Wildman–Crippen MR) is 105 cm³/mol. The first-order valence-corrected chi connectivity index (χ1v) is 9.29. The minimum absolute atomic E-state index is 0.0737. The molecule has 138 valence electrons. The molecule has 26 heavy (non-hydrogen) atoms. The molecule has 0 saturated carbocycles. The molecule has 0 aromatic heterocycles. The fraction of sp³-hybridized carbons (Fsp3) is 0.391. The molecule has 0 N–H and O–H groups in total. The molecule has 2 aromatic rings. The summed E-state index contributed by atoms with van der Waals surface area (Å²) in [6, 6.07) is 18.3. The SMILES string of the molecule is COc1ccc(/C=C/[C@H]2C[C@H](C)[C@@H]([C@@H](C)OCc3ccccc3)O2)cc1. The molecule has 1 aliphatic rings. The summed E-state index contributed by atoms with van der Waals surface area (Å²) in [6.45, 7) is 4.98. The van der Waals surface area contributed by atoms with E-state index in [0.29, 0.717) is 12.5 Å². The average molecular weight is 352 g/mol. The lowest BCUT2D eigenvalue weighted by molar-refractivity contribution is -0.0681. The number of rotatable bonds is 7. The maximum atomic E-state index is 6.25. The second kappa shape index (κ2) is 9.02. The third kappa shape index (κ3) is 4.96. The van der Waals surface area contributed by atoms with Gasteiger partial charge in [0.05, 0.1) is 32.0 Å². The van der Waals surface area contributed by atoms with Crippen LogP contribution in [-0.4, -0.2) is 25.4 Å². The fourth-order valence-corrected chi connectivity index (χ4v) is 3.42. The van der Waals surface area contributed by atoms with Gasteiger partial charge in [-0.05, 0) is 42.5 Å². The van der Waals surface area contributed by atoms with E-state index in [1.54, 1.807) is 7.11 Å². The predicted octanol–water partition coefficient (Wildman–Crippen LogP) is 5.11. The number of methoxy groups -OCH3 is 1. The molecule has 0 aliphatic carbocycles. The quantitative estimate of drug-likeness (QED) is 0.693. The molecule has 3 rings (SSSR count). The molecule has 0 amide bonds. The van der Waals surface area contributed by atoms with E-state index >= 15 is 0 Å². The van der Waals surface area contributed by atoms with Gasteiger partial charge in [-0.1, -0.05) is 61.5 Å². The van der Waals surface area contributed by atoms with Crippen molar-refractivity contribution in [2.75, 3.05) is 7.11 Å². The van der Waals surface area contributed by atoms with Gasteiger partial charge >= 0.3 is 0 Å². The van der Waals surface area contributed by atoms with Crippen LogP contribution >= 0.6 is 0 Å². The van der Waals surface area contributed by atoms with Crippen LogP contribution in [0.3, 0.4) is 0 Å². The molecule has 1 heterocycles. The van der Waals surface area contributed by atoms with Crippen LogP contribution in [0.4, 0.5) is 0 Å². The molecule has 4 atom stereocenters. The summed E-state index contributed by atoms with van der Waals surface area (Å²) in [7, 11) is 1.68. The lowest BCUT2D eigenvalue weighted by atomic mass is 9.98. The van der Waals surface area contributed by atoms with Crippen LogP contribution in [0.2, 0.25) is 0 Å². The molecule has 1 aliphatic heterocycles. The number of ether oxygens (including phenoxy) is 3. The summed E-state index contributed by atoms with van der Waals surface area (Å²) >= 11 is 0. The Hall–Kier alpha value is -2.10. The van der Waals surface area contributed by atoms with E-state index in [1.807, 2.05) is 30.3 Å². The molecule has 0 spiro atoms. The van der Waals surface area contributed by atoms with Gasteiger partial charge in [0.1, 0.15) is 5.75 Å². The van der Waals surface area contributed by atoms with Gasteiger partial charge in [-0.15, -0.1) is 0 Å². The summed E-state index contributed by atoms with van der Waals surface area (Å²) < 4.78 is 17.5. The highest BCUT2D eigenvalue weighted by molar-refractivity contribution is 5.51. The molecular weight excluding hydrogens is 324 g/mol. The van der Waals surface area contributed by atoms with Gasteiger partial charge in [-0.3, -0.25) is 0 Å². The molecule has 1 fully saturated rings. The van der Waals surface area contributed by atoms with Crippen molar-refractivity contribution in [2.24, 2.45) is 5.92 Å². The third-order valence-corrected chi connectivity index (χ3v) is 4.93. The zero-order chi connectivity index (χ0) is 18.4. The normalized spacial score (nSPS) is 24.0. The summed E-state index contributed by atoms with van der Waals surface area (Å²) in [5, 5.41) is 0. The highest BCUT2D eigenvalue weighted by atomic mass is 16.5. The molecule has 1 saturated heterocycles.